The highest BCUT2D eigenvalue weighted by molar-refractivity contribution is 8.00. The van der Waals surface area contributed by atoms with Crippen LogP contribution >= 0.6 is 35.3 Å². The van der Waals surface area contributed by atoms with Gasteiger partial charge in [-0.15, -0.1) is 23.1 Å². The third kappa shape index (κ3) is 3.70. The number of anilines is 1. The molecular weight excluding hydrogens is 324 g/mol. The van der Waals surface area contributed by atoms with Crippen molar-refractivity contribution >= 4 is 51.4 Å². The Bertz CT molecular complexity index is 567. The lowest BCUT2D eigenvalue weighted by Crippen LogP contribution is -2.26. The van der Waals surface area contributed by atoms with Crippen LogP contribution in [0.1, 0.15) is 41.6 Å². The number of hydrogen-bond acceptors (Lipinski definition) is 5. The minimum Gasteiger partial charge on any atom is -0.462 e. The molecule has 0 saturated carbocycles. The molecule has 0 unspecified atom stereocenters. The van der Waals surface area contributed by atoms with Crippen molar-refractivity contribution in [1.82, 2.24) is 5.32 Å². The van der Waals surface area contributed by atoms with Gasteiger partial charge in [0.1, 0.15) is 5.00 Å². The van der Waals surface area contributed by atoms with E-state index in [9.17, 15) is 4.79 Å². The summed E-state index contributed by atoms with van der Waals surface area (Å²) in [5.41, 5.74) is 1.77. The van der Waals surface area contributed by atoms with Crippen molar-refractivity contribution in [3.05, 3.63) is 16.0 Å². The van der Waals surface area contributed by atoms with Gasteiger partial charge >= 0.3 is 5.97 Å². The molecule has 2 rings (SSSR count). The molecule has 0 amide bonds. The number of fused-ring (bicyclic) bond motifs is 1. The van der Waals surface area contributed by atoms with Gasteiger partial charge in [-0.25, -0.2) is 4.79 Å². The van der Waals surface area contributed by atoms with Crippen molar-refractivity contribution in [2.24, 2.45) is 0 Å². The van der Waals surface area contributed by atoms with Crippen LogP contribution in [0.4, 0.5) is 5.00 Å². The zero-order valence-electron chi connectivity index (χ0n) is 12.7. The van der Waals surface area contributed by atoms with Crippen LogP contribution in [0.25, 0.3) is 0 Å². The predicted octanol–water partition coefficient (Wildman–Crippen LogP) is 3.41. The first-order chi connectivity index (χ1) is 9.88. The van der Waals surface area contributed by atoms with E-state index in [1.807, 2.05) is 18.7 Å². The molecule has 0 saturated heterocycles. The third-order valence-electron chi connectivity index (χ3n) is 3.22. The molecule has 0 radical (unpaired) electrons. The predicted molar refractivity (Wildman–Crippen MR) is 94.6 cm³/mol. The molecule has 7 heteroatoms. The maximum absolute atomic E-state index is 12.4. The molecule has 0 spiro atoms. The zero-order valence-corrected chi connectivity index (χ0v) is 15.1. The van der Waals surface area contributed by atoms with Gasteiger partial charge in [0, 0.05) is 22.4 Å². The van der Waals surface area contributed by atoms with Crippen molar-refractivity contribution in [3.63, 3.8) is 0 Å². The fourth-order valence-corrected chi connectivity index (χ4v) is 4.75. The van der Waals surface area contributed by atoms with Gasteiger partial charge in [-0.3, -0.25) is 0 Å². The van der Waals surface area contributed by atoms with E-state index in [0.29, 0.717) is 17.3 Å². The molecule has 1 aliphatic rings. The van der Waals surface area contributed by atoms with E-state index in [2.05, 4.69) is 24.5 Å². The number of carbonyl (C=O) groups excluding carboxylic acids is 1. The molecule has 0 aromatic carbocycles. The average Bonchev–Trinajstić information content (AvgIpc) is 2.74. The average molecular weight is 345 g/mol. The Balaban J connectivity index is 2.43. The number of carbonyl (C=O) groups is 1. The summed E-state index contributed by atoms with van der Waals surface area (Å²) < 4.78 is 5.37. The normalized spacial score (nSPS) is 16.0. The maximum atomic E-state index is 12.4. The number of thioether (sulfide) groups is 1. The van der Waals surface area contributed by atoms with E-state index in [1.54, 1.807) is 18.4 Å². The molecule has 1 aliphatic heterocycles. The van der Waals surface area contributed by atoms with Crippen LogP contribution in [0.15, 0.2) is 0 Å². The largest absolute Gasteiger partial charge is 0.462 e. The highest BCUT2D eigenvalue weighted by Crippen LogP contribution is 2.46. The fourth-order valence-electron chi connectivity index (χ4n) is 2.23. The summed E-state index contributed by atoms with van der Waals surface area (Å²) in [6.45, 7) is 6.61. The minimum atomic E-state index is -0.265. The minimum absolute atomic E-state index is 0.135. The molecule has 0 atom stereocenters. The van der Waals surface area contributed by atoms with Gasteiger partial charge in [0.2, 0.25) is 0 Å². The topological polar surface area (TPSA) is 50.4 Å². The Hall–Kier alpha value is -0.790. The van der Waals surface area contributed by atoms with Gasteiger partial charge in [0.15, 0.2) is 5.11 Å². The second-order valence-corrected chi connectivity index (χ2v) is 8.55. The van der Waals surface area contributed by atoms with E-state index in [4.69, 9.17) is 17.0 Å². The maximum Gasteiger partial charge on any atom is 0.341 e. The Morgan fingerprint density at radius 3 is 2.81 bits per heavy atom. The number of thiocarbonyl (C=S) groups is 1. The Morgan fingerprint density at radius 2 is 2.19 bits per heavy atom. The molecule has 0 fully saturated rings. The van der Waals surface area contributed by atoms with Gasteiger partial charge in [0.25, 0.3) is 0 Å². The monoisotopic (exact) mass is 344 g/mol. The second-order valence-electron chi connectivity index (χ2n) is 5.36. The smallest absolute Gasteiger partial charge is 0.341 e. The van der Waals surface area contributed by atoms with Crippen molar-refractivity contribution in [3.8, 4) is 0 Å². The lowest BCUT2D eigenvalue weighted by molar-refractivity contribution is 0.0526. The van der Waals surface area contributed by atoms with Crippen LogP contribution in [-0.2, 0) is 16.9 Å². The first kappa shape index (κ1) is 16.6. The highest BCUT2D eigenvalue weighted by atomic mass is 32.2. The molecule has 1 aromatic rings. The number of esters is 1. The summed E-state index contributed by atoms with van der Waals surface area (Å²) in [5, 5.41) is 7.28. The summed E-state index contributed by atoms with van der Waals surface area (Å²) in [7, 11) is 1.76. The summed E-state index contributed by atoms with van der Waals surface area (Å²) in [6, 6.07) is 0. The van der Waals surface area contributed by atoms with E-state index in [0.717, 1.165) is 22.7 Å². The van der Waals surface area contributed by atoms with Gasteiger partial charge < -0.3 is 15.4 Å². The van der Waals surface area contributed by atoms with Crippen molar-refractivity contribution in [1.29, 1.82) is 0 Å². The Labute approximate surface area is 139 Å². The van der Waals surface area contributed by atoms with Crippen LogP contribution in [0, 0.1) is 0 Å². The van der Waals surface area contributed by atoms with E-state index < -0.39 is 0 Å². The number of nitrogens with one attached hydrogen (secondary N) is 2. The lowest BCUT2D eigenvalue weighted by atomic mass is 9.98. The van der Waals surface area contributed by atoms with E-state index in [1.165, 1.54) is 4.88 Å². The molecule has 2 N–H and O–H groups in total. The Kier molecular flexibility index (Phi) is 5.16. The quantitative estimate of drug-likeness (QED) is 0.647. The highest BCUT2D eigenvalue weighted by Gasteiger charge is 2.33. The van der Waals surface area contributed by atoms with Crippen LogP contribution in [0.3, 0.4) is 0 Å². The van der Waals surface area contributed by atoms with Crippen molar-refractivity contribution < 1.29 is 9.53 Å². The number of ether oxygens (including phenoxy) is 1. The Morgan fingerprint density at radius 1 is 1.48 bits per heavy atom. The zero-order chi connectivity index (χ0) is 15.6. The molecule has 1 aromatic heterocycles. The lowest BCUT2D eigenvalue weighted by Gasteiger charge is -2.29. The van der Waals surface area contributed by atoms with Gasteiger partial charge in [-0.1, -0.05) is 13.8 Å². The molecule has 2 heterocycles. The standard InChI is InChI=1S/C14H20N2O2S3/c1-5-18-12(17)10-8-6-14(2,3)20-7-9(8)21-11(10)16-13(19)15-4/h5-7H2,1-4H3,(H2,15,16,19). The number of hydrogen-bond donors (Lipinski definition) is 2. The summed E-state index contributed by atoms with van der Waals surface area (Å²) >= 11 is 8.68. The van der Waals surface area contributed by atoms with Gasteiger partial charge in [-0.2, -0.15) is 0 Å². The molecular formula is C14H20N2O2S3. The van der Waals surface area contributed by atoms with Crippen molar-refractivity contribution in [2.45, 2.75) is 37.7 Å². The molecule has 0 aliphatic carbocycles. The first-order valence-electron chi connectivity index (χ1n) is 6.82. The van der Waals surface area contributed by atoms with Crippen LogP contribution in [0.2, 0.25) is 0 Å². The van der Waals surface area contributed by atoms with E-state index >= 15 is 0 Å². The SMILES string of the molecule is CCOC(=O)c1c(NC(=S)NC)sc2c1CC(C)(C)SC2. The van der Waals surface area contributed by atoms with Crippen molar-refractivity contribution in [2.75, 3.05) is 19.0 Å². The van der Waals surface area contributed by atoms with Crippen LogP contribution < -0.4 is 10.6 Å². The summed E-state index contributed by atoms with van der Waals surface area (Å²) in [4.78, 5) is 13.6. The third-order valence-corrected chi connectivity index (χ3v) is 6.22. The van der Waals surface area contributed by atoms with Gasteiger partial charge in [-0.05, 0) is 31.1 Å². The van der Waals surface area contributed by atoms with Crippen LogP contribution in [0.5, 0.6) is 0 Å². The fraction of sp³-hybridized carbons (Fsp3) is 0.571. The van der Waals surface area contributed by atoms with Gasteiger partial charge in [0.05, 0.1) is 12.2 Å². The molecule has 0 bridgehead atoms. The molecule has 21 heavy (non-hydrogen) atoms. The first-order valence-corrected chi connectivity index (χ1v) is 9.03. The summed E-state index contributed by atoms with van der Waals surface area (Å²) in [6.07, 6.45) is 0.867. The second kappa shape index (κ2) is 6.54. The van der Waals surface area contributed by atoms with Crippen LogP contribution in [-0.4, -0.2) is 29.5 Å². The van der Waals surface area contributed by atoms with E-state index in [-0.39, 0.29) is 10.7 Å². The molecule has 116 valence electrons. The summed E-state index contributed by atoms with van der Waals surface area (Å²) in [5.74, 6) is 0.659. The number of thiophene rings is 1. The molecule has 4 nitrogen and oxygen atoms in total. The number of rotatable bonds is 3.